The molecule has 0 aliphatic carbocycles. The molecule has 2 heteroatoms. The van der Waals surface area contributed by atoms with Gasteiger partial charge in [-0.15, -0.1) is 6.58 Å². The van der Waals surface area contributed by atoms with Crippen molar-refractivity contribution in [2.24, 2.45) is 0 Å². The Morgan fingerprint density at radius 3 is 2.32 bits per heavy atom. The summed E-state index contributed by atoms with van der Waals surface area (Å²) >= 11 is 0. The van der Waals surface area contributed by atoms with Crippen LogP contribution in [0.5, 0.6) is 0 Å². The van der Waals surface area contributed by atoms with Crippen molar-refractivity contribution < 1.29 is 9.18 Å². The predicted molar refractivity (Wildman–Crippen MR) is 74.7 cm³/mol. The standard InChI is InChI=1S/C17H15FO/c1-2-6-16(13-9-11-15(18)12-10-13)17(19)14-7-4-3-5-8-14/h2-5,7-12,16H,1,6H2. The summed E-state index contributed by atoms with van der Waals surface area (Å²) in [6, 6.07) is 15.2. The number of benzene rings is 2. The second-order valence-corrected chi connectivity index (χ2v) is 4.36. The van der Waals surface area contributed by atoms with E-state index in [1.165, 1.54) is 12.1 Å². The zero-order valence-electron chi connectivity index (χ0n) is 10.6. The van der Waals surface area contributed by atoms with Crippen LogP contribution in [-0.2, 0) is 0 Å². The van der Waals surface area contributed by atoms with E-state index in [4.69, 9.17) is 0 Å². The lowest BCUT2D eigenvalue weighted by Gasteiger charge is -2.14. The topological polar surface area (TPSA) is 17.1 Å². The van der Waals surface area contributed by atoms with Crippen LogP contribution < -0.4 is 0 Å². The molecule has 1 nitrogen and oxygen atoms in total. The Labute approximate surface area is 112 Å². The Balaban J connectivity index is 2.32. The summed E-state index contributed by atoms with van der Waals surface area (Å²) < 4.78 is 13.0. The van der Waals surface area contributed by atoms with Gasteiger partial charge in [-0.1, -0.05) is 48.5 Å². The van der Waals surface area contributed by atoms with Gasteiger partial charge in [0.25, 0.3) is 0 Å². The number of hydrogen-bond acceptors (Lipinski definition) is 1. The quantitative estimate of drug-likeness (QED) is 0.572. The smallest absolute Gasteiger partial charge is 0.170 e. The molecule has 0 radical (unpaired) electrons. The van der Waals surface area contributed by atoms with Crippen molar-refractivity contribution in [3.63, 3.8) is 0 Å². The lowest BCUT2D eigenvalue weighted by Crippen LogP contribution is -2.12. The summed E-state index contributed by atoms with van der Waals surface area (Å²) in [5.41, 5.74) is 1.48. The number of carbonyl (C=O) groups is 1. The summed E-state index contributed by atoms with van der Waals surface area (Å²) in [4.78, 5) is 12.5. The number of halogens is 1. The monoisotopic (exact) mass is 254 g/mol. The van der Waals surface area contributed by atoms with Gasteiger partial charge in [-0.2, -0.15) is 0 Å². The number of ketones is 1. The Morgan fingerprint density at radius 1 is 1.11 bits per heavy atom. The second-order valence-electron chi connectivity index (χ2n) is 4.36. The van der Waals surface area contributed by atoms with Crippen LogP contribution in [0.25, 0.3) is 0 Å². The lowest BCUT2D eigenvalue weighted by molar-refractivity contribution is 0.0960. The Kier molecular flexibility index (Phi) is 4.24. The molecule has 0 aliphatic heterocycles. The van der Waals surface area contributed by atoms with Gasteiger partial charge in [0.15, 0.2) is 5.78 Å². The molecule has 0 bridgehead atoms. The van der Waals surface area contributed by atoms with Gasteiger partial charge in [0.2, 0.25) is 0 Å². The number of rotatable bonds is 5. The molecule has 0 N–H and O–H groups in total. The lowest BCUT2D eigenvalue weighted by atomic mass is 9.88. The molecule has 96 valence electrons. The molecule has 0 spiro atoms. The van der Waals surface area contributed by atoms with E-state index in [9.17, 15) is 9.18 Å². The highest BCUT2D eigenvalue weighted by molar-refractivity contribution is 6.01. The van der Waals surface area contributed by atoms with Crippen LogP contribution in [0.2, 0.25) is 0 Å². The zero-order valence-corrected chi connectivity index (χ0v) is 10.6. The van der Waals surface area contributed by atoms with Crippen LogP contribution >= 0.6 is 0 Å². The number of Topliss-reactive ketones (excluding diaryl/α,β-unsaturated/α-hetero) is 1. The molecule has 2 aromatic carbocycles. The minimum Gasteiger partial charge on any atom is -0.293 e. The highest BCUT2D eigenvalue weighted by atomic mass is 19.1. The van der Waals surface area contributed by atoms with Crippen molar-refractivity contribution in [1.82, 2.24) is 0 Å². The average Bonchev–Trinajstić information content (AvgIpc) is 2.46. The molecule has 0 aliphatic rings. The zero-order chi connectivity index (χ0) is 13.7. The van der Waals surface area contributed by atoms with Gasteiger partial charge in [-0.05, 0) is 24.1 Å². The fraction of sp³-hybridized carbons (Fsp3) is 0.118. The average molecular weight is 254 g/mol. The van der Waals surface area contributed by atoms with Crippen molar-refractivity contribution in [2.45, 2.75) is 12.3 Å². The maximum absolute atomic E-state index is 13.0. The molecule has 0 fully saturated rings. The van der Waals surface area contributed by atoms with Crippen molar-refractivity contribution >= 4 is 5.78 Å². The van der Waals surface area contributed by atoms with Crippen molar-refractivity contribution in [1.29, 1.82) is 0 Å². The Morgan fingerprint density at radius 2 is 1.74 bits per heavy atom. The molecule has 1 unspecified atom stereocenters. The van der Waals surface area contributed by atoms with Gasteiger partial charge < -0.3 is 0 Å². The molecule has 2 rings (SSSR count). The van der Waals surface area contributed by atoms with E-state index < -0.39 is 0 Å². The van der Waals surface area contributed by atoms with Gasteiger partial charge in [0.05, 0.1) is 5.92 Å². The normalized spacial score (nSPS) is 11.8. The molecule has 0 amide bonds. The van der Waals surface area contributed by atoms with Crippen molar-refractivity contribution in [2.75, 3.05) is 0 Å². The first kappa shape index (κ1) is 13.2. The molecular formula is C17H15FO. The number of allylic oxidation sites excluding steroid dienone is 1. The first-order valence-electron chi connectivity index (χ1n) is 6.18. The first-order chi connectivity index (χ1) is 9.22. The van der Waals surface area contributed by atoms with Gasteiger partial charge in [-0.25, -0.2) is 4.39 Å². The van der Waals surface area contributed by atoms with E-state index in [-0.39, 0.29) is 17.5 Å². The molecule has 19 heavy (non-hydrogen) atoms. The second kappa shape index (κ2) is 6.10. The minimum absolute atomic E-state index is 0.0344. The summed E-state index contributed by atoms with van der Waals surface area (Å²) in [6.45, 7) is 3.69. The van der Waals surface area contributed by atoms with E-state index in [2.05, 4.69) is 6.58 Å². The molecule has 2 aromatic rings. The maximum atomic E-state index is 13.0. The summed E-state index contributed by atoms with van der Waals surface area (Å²) in [7, 11) is 0. The molecule has 0 heterocycles. The predicted octanol–water partition coefficient (Wildman–Crippen LogP) is 4.37. The van der Waals surface area contributed by atoms with Crippen LogP contribution in [0.15, 0.2) is 67.3 Å². The van der Waals surface area contributed by atoms with Gasteiger partial charge in [0, 0.05) is 5.56 Å². The molecule has 1 atom stereocenters. The highest BCUT2D eigenvalue weighted by Crippen LogP contribution is 2.25. The number of hydrogen-bond donors (Lipinski definition) is 0. The van der Waals surface area contributed by atoms with E-state index >= 15 is 0 Å². The first-order valence-corrected chi connectivity index (χ1v) is 6.18. The van der Waals surface area contributed by atoms with Gasteiger partial charge >= 0.3 is 0 Å². The summed E-state index contributed by atoms with van der Waals surface area (Å²) in [5.74, 6) is -0.569. The Bertz CT molecular complexity index is 558. The maximum Gasteiger partial charge on any atom is 0.170 e. The third kappa shape index (κ3) is 3.16. The molecule has 0 saturated heterocycles. The number of carbonyl (C=O) groups excluding carboxylic acids is 1. The third-order valence-electron chi connectivity index (χ3n) is 3.05. The van der Waals surface area contributed by atoms with Crippen LogP contribution in [0, 0.1) is 5.82 Å². The van der Waals surface area contributed by atoms with Gasteiger partial charge in [-0.3, -0.25) is 4.79 Å². The van der Waals surface area contributed by atoms with Crippen LogP contribution in [0.4, 0.5) is 4.39 Å². The van der Waals surface area contributed by atoms with Crippen LogP contribution in [-0.4, -0.2) is 5.78 Å². The molecule has 0 saturated carbocycles. The van der Waals surface area contributed by atoms with Crippen LogP contribution in [0.3, 0.4) is 0 Å². The van der Waals surface area contributed by atoms with E-state index in [0.717, 1.165) is 5.56 Å². The van der Waals surface area contributed by atoms with E-state index in [1.54, 1.807) is 30.3 Å². The molecule has 0 aromatic heterocycles. The van der Waals surface area contributed by atoms with E-state index in [1.807, 2.05) is 18.2 Å². The van der Waals surface area contributed by atoms with Gasteiger partial charge in [0.1, 0.15) is 5.82 Å². The van der Waals surface area contributed by atoms with Crippen LogP contribution in [0.1, 0.15) is 28.3 Å². The molecular weight excluding hydrogens is 239 g/mol. The highest BCUT2D eigenvalue weighted by Gasteiger charge is 2.20. The Hall–Kier alpha value is -2.22. The van der Waals surface area contributed by atoms with Crippen molar-refractivity contribution in [3.05, 3.63) is 84.2 Å². The largest absolute Gasteiger partial charge is 0.293 e. The fourth-order valence-electron chi connectivity index (χ4n) is 2.06. The summed E-state index contributed by atoms with van der Waals surface area (Å²) in [5, 5.41) is 0. The fourth-order valence-corrected chi connectivity index (χ4v) is 2.06. The summed E-state index contributed by atoms with van der Waals surface area (Å²) in [6.07, 6.45) is 2.26. The van der Waals surface area contributed by atoms with E-state index in [0.29, 0.717) is 12.0 Å². The SMILES string of the molecule is C=CCC(C(=O)c1ccccc1)c1ccc(F)cc1. The minimum atomic E-state index is -0.305. The van der Waals surface area contributed by atoms with Crippen molar-refractivity contribution in [3.8, 4) is 0 Å². The third-order valence-corrected chi connectivity index (χ3v) is 3.05.